The van der Waals surface area contributed by atoms with E-state index in [-0.39, 0.29) is 5.89 Å². The number of alkyl halides is 4. The maximum absolute atomic E-state index is 12.2. The summed E-state index contributed by atoms with van der Waals surface area (Å²) in [6, 6.07) is 6.76. The van der Waals surface area contributed by atoms with Crippen molar-refractivity contribution in [2.75, 3.05) is 0 Å². The molecule has 1 unspecified atom stereocenters. The van der Waals surface area contributed by atoms with Crippen LogP contribution in [0.4, 0.5) is 13.2 Å². The maximum atomic E-state index is 12.2. The fraction of sp³-hybridized carbons (Fsp3) is 0.300. The molecule has 0 spiro atoms. The molecule has 16 heavy (non-hydrogen) atoms. The van der Waals surface area contributed by atoms with Crippen molar-refractivity contribution in [2.24, 2.45) is 0 Å². The highest BCUT2D eigenvalue weighted by Crippen LogP contribution is 2.28. The Morgan fingerprint density at radius 3 is 2.62 bits per heavy atom. The first-order valence-electron chi connectivity index (χ1n) is 4.52. The average Bonchev–Trinajstić information content (AvgIpc) is 2.58. The number of benzene rings is 1. The van der Waals surface area contributed by atoms with Gasteiger partial charge in [0.25, 0.3) is 0 Å². The van der Waals surface area contributed by atoms with Crippen LogP contribution >= 0.6 is 11.6 Å². The van der Waals surface area contributed by atoms with Gasteiger partial charge in [-0.15, -0.1) is 11.6 Å². The number of hydrogen-bond acceptors (Lipinski definition) is 2. The van der Waals surface area contributed by atoms with Crippen LogP contribution in [0, 0.1) is 0 Å². The lowest BCUT2D eigenvalue weighted by atomic mass is 10.3. The number of hydrogen-bond donors (Lipinski definition) is 0. The van der Waals surface area contributed by atoms with Crippen LogP contribution in [0.1, 0.15) is 5.89 Å². The minimum Gasteiger partial charge on any atom is -0.441 e. The van der Waals surface area contributed by atoms with Crippen molar-refractivity contribution in [3.63, 3.8) is 0 Å². The summed E-state index contributed by atoms with van der Waals surface area (Å²) in [5.41, 5.74) is 0.993. The van der Waals surface area contributed by atoms with Gasteiger partial charge in [0.2, 0.25) is 0 Å². The Morgan fingerprint density at radius 2 is 2.00 bits per heavy atom. The van der Waals surface area contributed by atoms with Crippen LogP contribution in [0.2, 0.25) is 0 Å². The number of fused-ring (bicyclic) bond motifs is 1. The van der Waals surface area contributed by atoms with Crippen LogP contribution in [0.25, 0.3) is 11.1 Å². The van der Waals surface area contributed by atoms with Crippen LogP contribution in [0.5, 0.6) is 0 Å². The van der Waals surface area contributed by atoms with Crippen molar-refractivity contribution < 1.29 is 17.6 Å². The third-order valence-electron chi connectivity index (χ3n) is 2.05. The summed E-state index contributed by atoms with van der Waals surface area (Å²) in [5.74, 6) is -0.00137. The minimum absolute atomic E-state index is 0.00137. The first-order valence-corrected chi connectivity index (χ1v) is 4.95. The van der Waals surface area contributed by atoms with Crippen LogP contribution in [0.15, 0.2) is 28.7 Å². The number of aromatic nitrogens is 1. The van der Waals surface area contributed by atoms with Gasteiger partial charge in [-0.1, -0.05) is 12.1 Å². The Bertz CT molecular complexity index is 461. The second-order valence-electron chi connectivity index (χ2n) is 3.29. The first kappa shape index (κ1) is 11.3. The van der Waals surface area contributed by atoms with Crippen LogP contribution in [-0.2, 0) is 6.42 Å². The van der Waals surface area contributed by atoms with Crippen LogP contribution < -0.4 is 0 Å². The number of nitrogens with zero attached hydrogens (tertiary/aromatic N) is 1. The summed E-state index contributed by atoms with van der Waals surface area (Å²) < 4.78 is 41.7. The van der Waals surface area contributed by atoms with E-state index in [1.807, 2.05) is 0 Å². The second-order valence-corrected chi connectivity index (χ2v) is 3.82. The van der Waals surface area contributed by atoms with Gasteiger partial charge < -0.3 is 4.42 Å². The van der Waals surface area contributed by atoms with Gasteiger partial charge in [0.05, 0.1) is 0 Å². The van der Waals surface area contributed by atoms with E-state index in [1.54, 1.807) is 24.3 Å². The molecule has 0 saturated carbocycles. The third-order valence-corrected chi connectivity index (χ3v) is 2.45. The molecule has 86 valence electrons. The van der Waals surface area contributed by atoms with Crippen molar-refractivity contribution in [3.8, 4) is 0 Å². The van der Waals surface area contributed by atoms with E-state index < -0.39 is 18.0 Å². The molecule has 2 nitrogen and oxygen atoms in total. The molecule has 1 atom stereocenters. The van der Waals surface area contributed by atoms with Crippen molar-refractivity contribution in [2.45, 2.75) is 18.0 Å². The smallest absolute Gasteiger partial charge is 0.405 e. The van der Waals surface area contributed by atoms with Gasteiger partial charge >= 0.3 is 6.18 Å². The molecular formula is C10H7ClF3NO. The lowest BCUT2D eigenvalue weighted by Crippen LogP contribution is -2.25. The summed E-state index contributed by atoms with van der Waals surface area (Å²) in [7, 11) is 0. The highest BCUT2D eigenvalue weighted by atomic mass is 35.5. The zero-order chi connectivity index (χ0) is 11.8. The Morgan fingerprint density at radius 1 is 1.31 bits per heavy atom. The molecule has 0 fully saturated rings. The predicted molar refractivity (Wildman–Crippen MR) is 53.4 cm³/mol. The molecule has 2 aromatic rings. The van der Waals surface area contributed by atoms with Crippen molar-refractivity contribution in [1.82, 2.24) is 4.98 Å². The van der Waals surface area contributed by atoms with Gasteiger partial charge in [-0.2, -0.15) is 13.2 Å². The fourth-order valence-corrected chi connectivity index (χ4v) is 1.41. The molecule has 1 aromatic heterocycles. The molecule has 0 N–H and O–H groups in total. The summed E-state index contributed by atoms with van der Waals surface area (Å²) in [6.07, 6.45) is -4.90. The second kappa shape index (κ2) is 3.97. The van der Waals surface area contributed by atoms with Crippen molar-refractivity contribution in [3.05, 3.63) is 30.2 Å². The van der Waals surface area contributed by atoms with E-state index in [4.69, 9.17) is 16.0 Å². The SMILES string of the molecule is FC(F)(F)C(Cl)Cc1nc2ccccc2o1. The molecule has 0 amide bonds. The minimum atomic E-state index is -4.44. The topological polar surface area (TPSA) is 26.0 Å². The molecule has 0 radical (unpaired) electrons. The zero-order valence-corrected chi connectivity index (χ0v) is 8.72. The standard InChI is InChI=1S/C10H7ClF3NO/c11-8(10(12,13)14)5-9-15-6-3-1-2-4-7(6)16-9/h1-4,8H,5H2. The molecule has 0 aliphatic heterocycles. The first-order chi connectivity index (χ1) is 7.47. The molecule has 1 heterocycles. The van der Waals surface area contributed by atoms with Crippen molar-refractivity contribution >= 4 is 22.7 Å². The molecule has 0 aliphatic rings. The summed E-state index contributed by atoms with van der Waals surface area (Å²) in [6.45, 7) is 0. The molecule has 2 rings (SSSR count). The molecule has 0 saturated heterocycles. The molecule has 6 heteroatoms. The summed E-state index contributed by atoms with van der Waals surface area (Å²) in [5, 5.41) is -1.97. The Kier molecular flexibility index (Phi) is 2.80. The van der Waals surface area contributed by atoms with Gasteiger partial charge in [-0.3, -0.25) is 0 Å². The Balaban J connectivity index is 2.22. The molecule has 0 bridgehead atoms. The van der Waals surface area contributed by atoms with Gasteiger partial charge in [0.1, 0.15) is 10.9 Å². The average molecular weight is 250 g/mol. The summed E-state index contributed by atoms with van der Waals surface area (Å²) >= 11 is 5.19. The highest BCUT2D eigenvalue weighted by molar-refractivity contribution is 6.21. The van der Waals surface area contributed by atoms with Gasteiger partial charge in [0.15, 0.2) is 11.5 Å². The summed E-state index contributed by atoms with van der Waals surface area (Å²) in [4.78, 5) is 3.92. The van der Waals surface area contributed by atoms with Crippen molar-refractivity contribution in [1.29, 1.82) is 0 Å². The van der Waals surface area contributed by atoms with Gasteiger partial charge in [0, 0.05) is 6.42 Å². The zero-order valence-electron chi connectivity index (χ0n) is 7.96. The largest absolute Gasteiger partial charge is 0.441 e. The van der Waals surface area contributed by atoms with E-state index in [9.17, 15) is 13.2 Å². The molecule has 1 aromatic carbocycles. The van der Waals surface area contributed by atoms with Gasteiger partial charge in [-0.25, -0.2) is 4.98 Å². The lowest BCUT2D eigenvalue weighted by Gasteiger charge is -2.10. The number of para-hydroxylation sites is 2. The number of oxazole rings is 1. The highest BCUT2D eigenvalue weighted by Gasteiger charge is 2.39. The monoisotopic (exact) mass is 249 g/mol. The molecular weight excluding hydrogens is 243 g/mol. The van der Waals surface area contributed by atoms with E-state index in [0.29, 0.717) is 11.1 Å². The lowest BCUT2D eigenvalue weighted by molar-refractivity contribution is -0.130. The quantitative estimate of drug-likeness (QED) is 0.761. The number of rotatable bonds is 2. The van der Waals surface area contributed by atoms with Crippen LogP contribution in [0.3, 0.4) is 0 Å². The Hall–Kier alpha value is -1.23. The van der Waals surface area contributed by atoms with Gasteiger partial charge in [-0.05, 0) is 12.1 Å². The van der Waals surface area contributed by atoms with E-state index in [1.165, 1.54) is 0 Å². The van der Waals surface area contributed by atoms with E-state index >= 15 is 0 Å². The number of halogens is 4. The Labute approximate surface area is 94.0 Å². The predicted octanol–water partition coefficient (Wildman–Crippen LogP) is 3.54. The molecule has 0 aliphatic carbocycles. The normalized spacial score (nSPS) is 14.2. The van der Waals surface area contributed by atoms with Crippen LogP contribution in [-0.4, -0.2) is 16.5 Å². The fourth-order valence-electron chi connectivity index (χ4n) is 1.28. The van der Waals surface area contributed by atoms with E-state index in [0.717, 1.165) is 0 Å². The maximum Gasteiger partial charge on any atom is 0.405 e. The third kappa shape index (κ3) is 2.29. The van der Waals surface area contributed by atoms with E-state index in [2.05, 4.69) is 4.98 Å².